The van der Waals surface area contributed by atoms with Gasteiger partial charge in [-0.15, -0.1) is 0 Å². The standard InChI is InChI=1S/C12H8FN3/c13-10-3-1-9(2-4-10)11-7-15-12-8-14-5-6-16(11)12/h1-8H. The Kier molecular flexibility index (Phi) is 1.93. The largest absolute Gasteiger partial charge is 0.297 e. The van der Waals surface area contributed by atoms with Crippen molar-refractivity contribution in [1.82, 2.24) is 14.4 Å². The molecule has 0 radical (unpaired) electrons. The summed E-state index contributed by atoms with van der Waals surface area (Å²) in [4.78, 5) is 8.21. The summed E-state index contributed by atoms with van der Waals surface area (Å²) in [6.07, 6.45) is 6.97. The van der Waals surface area contributed by atoms with Crippen LogP contribution in [0.15, 0.2) is 49.1 Å². The van der Waals surface area contributed by atoms with Gasteiger partial charge in [-0.05, 0) is 24.3 Å². The third kappa shape index (κ3) is 1.35. The van der Waals surface area contributed by atoms with E-state index in [9.17, 15) is 4.39 Å². The fraction of sp³-hybridized carbons (Fsp3) is 0. The lowest BCUT2D eigenvalue weighted by atomic mass is 10.2. The van der Waals surface area contributed by atoms with Gasteiger partial charge in [-0.3, -0.25) is 9.38 Å². The minimum atomic E-state index is -0.237. The molecule has 0 aliphatic carbocycles. The van der Waals surface area contributed by atoms with Crippen LogP contribution in [0.4, 0.5) is 4.39 Å². The number of halogens is 1. The van der Waals surface area contributed by atoms with Crippen LogP contribution in [0, 0.1) is 5.82 Å². The van der Waals surface area contributed by atoms with E-state index < -0.39 is 0 Å². The molecule has 0 saturated carbocycles. The van der Waals surface area contributed by atoms with E-state index in [-0.39, 0.29) is 5.82 Å². The predicted molar refractivity (Wildman–Crippen MR) is 58.4 cm³/mol. The molecule has 0 saturated heterocycles. The normalized spacial score (nSPS) is 10.8. The number of rotatable bonds is 1. The molecule has 2 aromatic heterocycles. The Balaban J connectivity index is 2.22. The van der Waals surface area contributed by atoms with Crippen LogP contribution < -0.4 is 0 Å². The minimum absolute atomic E-state index is 0.237. The molecule has 0 fully saturated rings. The molecule has 0 N–H and O–H groups in total. The molecule has 78 valence electrons. The number of fused-ring (bicyclic) bond motifs is 1. The van der Waals surface area contributed by atoms with E-state index in [0.29, 0.717) is 0 Å². The van der Waals surface area contributed by atoms with Gasteiger partial charge in [0.25, 0.3) is 0 Å². The molecule has 0 unspecified atom stereocenters. The first-order chi connectivity index (χ1) is 7.84. The molecular weight excluding hydrogens is 205 g/mol. The van der Waals surface area contributed by atoms with Crippen LogP contribution in [0.1, 0.15) is 0 Å². The molecule has 0 aliphatic rings. The smallest absolute Gasteiger partial charge is 0.155 e. The van der Waals surface area contributed by atoms with Crippen LogP contribution in [0.25, 0.3) is 16.9 Å². The van der Waals surface area contributed by atoms with Crippen LogP contribution in [0.3, 0.4) is 0 Å². The van der Waals surface area contributed by atoms with Crippen LogP contribution in [-0.2, 0) is 0 Å². The topological polar surface area (TPSA) is 30.2 Å². The molecule has 1 aromatic carbocycles. The van der Waals surface area contributed by atoms with Gasteiger partial charge in [0.15, 0.2) is 5.65 Å². The predicted octanol–water partition coefficient (Wildman–Crippen LogP) is 2.54. The highest BCUT2D eigenvalue weighted by atomic mass is 19.1. The van der Waals surface area contributed by atoms with Gasteiger partial charge in [0.05, 0.1) is 18.1 Å². The van der Waals surface area contributed by atoms with E-state index in [1.54, 1.807) is 30.7 Å². The highest BCUT2D eigenvalue weighted by molar-refractivity contribution is 5.62. The molecule has 0 aliphatic heterocycles. The first-order valence-corrected chi connectivity index (χ1v) is 4.87. The number of hydrogen-bond acceptors (Lipinski definition) is 2. The molecular formula is C12H8FN3. The van der Waals surface area contributed by atoms with Crippen molar-refractivity contribution in [1.29, 1.82) is 0 Å². The number of hydrogen-bond donors (Lipinski definition) is 0. The molecule has 2 heterocycles. The van der Waals surface area contributed by atoms with Crippen LogP contribution in [-0.4, -0.2) is 14.4 Å². The maximum absolute atomic E-state index is 12.8. The quantitative estimate of drug-likeness (QED) is 0.621. The molecule has 4 heteroatoms. The van der Waals surface area contributed by atoms with Gasteiger partial charge in [0.2, 0.25) is 0 Å². The fourth-order valence-corrected chi connectivity index (χ4v) is 1.68. The second-order valence-corrected chi connectivity index (χ2v) is 3.45. The van der Waals surface area contributed by atoms with E-state index in [4.69, 9.17) is 0 Å². The van der Waals surface area contributed by atoms with Crippen LogP contribution >= 0.6 is 0 Å². The molecule has 0 atom stereocenters. The maximum atomic E-state index is 12.8. The van der Waals surface area contributed by atoms with Crippen molar-refractivity contribution >= 4 is 5.65 Å². The Labute approximate surface area is 91.2 Å². The Morgan fingerprint density at radius 1 is 1.06 bits per heavy atom. The summed E-state index contributed by atoms with van der Waals surface area (Å²) in [5, 5.41) is 0. The van der Waals surface area contributed by atoms with Crippen molar-refractivity contribution in [3.8, 4) is 11.3 Å². The summed E-state index contributed by atoms with van der Waals surface area (Å²) in [6.45, 7) is 0. The summed E-state index contributed by atoms with van der Waals surface area (Å²) in [7, 11) is 0. The van der Waals surface area contributed by atoms with Gasteiger partial charge >= 0.3 is 0 Å². The SMILES string of the molecule is Fc1ccc(-c2cnc3cnccn23)cc1. The number of nitrogens with zero attached hydrogens (tertiary/aromatic N) is 3. The van der Waals surface area contributed by atoms with E-state index in [0.717, 1.165) is 16.9 Å². The molecule has 16 heavy (non-hydrogen) atoms. The summed E-state index contributed by atoms with van der Waals surface area (Å²) in [6, 6.07) is 6.35. The average Bonchev–Trinajstić information content (AvgIpc) is 2.74. The van der Waals surface area contributed by atoms with Gasteiger partial charge in [-0.1, -0.05) is 0 Å². The Morgan fingerprint density at radius 3 is 2.69 bits per heavy atom. The highest BCUT2D eigenvalue weighted by Crippen LogP contribution is 2.20. The van der Waals surface area contributed by atoms with Gasteiger partial charge in [0.1, 0.15) is 5.82 Å². The number of imidazole rings is 1. The number of aromatic nitrogens is 3. The lowest BCUT2D eigenvalue weighted by Crippen LogP contribution is -1.88. The summed E-state index contributed by atoms with van der Waals surface area (Å²) in [5.74, 6) is -0.237. The highest BCUT2D eigenvalue weighted by Gasteiger charge is 2.04. The first kappa shape index (κ1) is 9.03. The van der Waals surface area contributed by atoms with Crippen molar-refractivity contribution in [3.63, 3.8) is 0 Å². The molecule has 3 aromatic rings. The Bertz CT molecular complexity index is 628. The Hall–Kier alpha value is -2.23. The zero-order chi connectivity index (χ0) is 11.0. The van der Waals surface area contributed by atoms with Crippen molar-refractivity contribution in [2.75, 3.05) is 0 Å². The monoisotopic (exact) mass is 213 g/mol. The van der Waals surface area contributed by atoms with Crippen molar-refractivity contribution < 1.29 is 4.39 Å². The summed E-state index contributed by atoms with van der Waals surface area (Å²) < 4.78 is 14.7. The molecule has 3 nitrogen and oxygen atoms in total. The fourth-order valence-electron chi connectivity index (χ4n) is 1.68. The van der Waals surface area contributed by atoms with E-state index in [1.807, 2.05) is 10.6 Å². The van der Waals surface area contributed by atoms with E-state index >= 15 is 0 Å². The number of benzene rings is 1. The van der Waals surface area contributed by atoms with Gasteiger partial charge in [0, 0.05) is 18.0 Å². The van der Waals surface area contributed by atoms with Gasteiger partial charge < -0.3 is 0 Å². The van der Waals surface area contributed by atoms with Crippen molar-refractivity contribution in [3.05, 3.63) is 54.9 Å². The molecule has 0 spiro atoms. The second-order valence-electron chi connectivity index (χ2n) is 3.45. The zero-order valence-electron chi connectivity index (χ0n) is 8.34. The van der Waals surface area contributed by atoms with E-state index in [2.05, 4.69) is 9.97 Å². The third-order valence-corrected chi connectivity index (χ3v) is 2.46. The Morgan fingerprint density at radius 2 is 1.88 bits per heavy atom. The summed E-state index contributed by atoms with van der Waals surface area (Å²) >= 11 is 0. The second kappa shape index (κ2) is 3.41. The van der Waals surface area contributed by atoms with E-state index in [1.165, 1.54) is 12.1 Å². The van der Waals surface area contributed by atoms with Crippen molar-refractivity contribution in [2.24, 2.45) is 0 Å². The summed E-state index contributed by atoms with van der Waals surface area (Å²) in [5.41, 5.74) is 2.64. The minimum Gasteiger partial charge on any atom is -0.297 e. The average molecular weight is 213 g/mol. The molecule has 0 amide bonds. The van der Waals surface area contributed by atoms with Crippen LogP contribution in [0.2, 0.25) is 0 Å². The lowest BCUT2D eigenvalue weighted by Gasteiger charge is -2.00. The van der Waals surface area contributed by atoms with Gasteiger partial charge in [-0.2, -0.15) is 0 Å². The van der Waals surface area contributed by atoms with Gasteiger partial charge in [-0.25, -0.2) is 9.37 Å². The zero-order valence-corrected chi connectivity index (χ0v) is 8.34. The maximum Gasteiger partial charge on any atom is 0.155 e. The molecule has 3 rings (SSSR count). The first-order valence-electron chi connectivity index (χ1n) is 4.87. The molecule has 0 bridgehead atoms. The van der Waals surface area contributed by atoms with Crippen LogP contribution in [0.5, 0.6) is 0 Å². The van der Waals surface area contributed by atoms with Crippen molar-refractivity contribution in [2.45, 2.75) is 0 Å². The third-order valence-electron chi connectivity index (χ3n) is 2.46. The lowest BCUT2D eigenvalue weighted by molar-refractivity contribution is 0.628.